The van der Waals surface area contributed by atoms with Crippen LogP contribution < -0.4 is 0 Å². The van der Waals surface area contributed by atoms with Crippen LogP contribution in [0.1, 0.15) is 41.3 Å². The fourth-order valence-corrected chi connectivity index (χ4v) is 2.72. The van der Waals surface area contributed by atoms with Crippen LogP contribution in [0.25, 0.3) is 0 Å². The molecule has 1 aromatic carbocycles. The molecule has 0 bridgehead atoms. The Kier molecular flexibility index (Phi) is 3.84. The summed E-state index contributed by atoms with van der Waals surface area (Å²) in [4.78, 5) is 25.7. The van der Waals surface area contributed by atoms with Crippen molar-refractivity contribution >= 4 is 11.9 Å². The Bertz CT molecular complexity index is 553. The zero-order chi connectivity index (χ0) is 14.9. The number of hydrogen-bond acceptors (Lipinski definition) is 2. The smallest absolute Gasteiger partial charge is 0.311 e. The van der Waals surface area contributed by atoms with E-state index in [0.29, 0.717) is 18.5 Å². The molecular formula is C16H21NO3. The molecule has 1 aromatic rings. The molecule has 1 aliphatic heterocycles. The van der Waals surface area contributed by atoms with Crippen molar-refractivity contribution in [2.45, 2.75) is 33.6 Å². The van der Waals surface area contributed by atoms with E-state index < -0.39 is 11.4 Å². The van der Waals surface area contributed by atoms with E-state index >= 15 is 0 Å². The molecule has 0 radical (unpaired) electrons. The van der Waals surface area contributed by atoms with Crippen LogP contribution in [0.4, 0.5) is 0 Å². The van der Waals surface area contributed by atoms with E-state index in [1.807, 2.05) is 32.0 Å². The minimum Gasteiger partial charge on any atom is -0.481 e. The molecule has 1 saturated heterocycles. The van der Waals surface area contributed by atoms with Gasteiger partial charge in [-0.25, -0.2) is 0 Å². The van der Waals surface area contributed by atoms with Crippen molar-refractivity contribution in [3.63, 3.8) is 0 Å². The van der Waals surface area contributed by atoms with Gasteiger partial charge >= 0.3 is 5.97 Å². The average Bonchev–Trinajstić information content (AvgIpc) is 2.40. The molecule has 1 fully saturated rings. The number of benzene rings is 1. The second-order valence-electron chi connectivity index (χ2n) is 6.01. The Morgan fingerprint density at radius 3 is 2.65 bits per heavy atom. The molecular weight excluding hydrogens is 254 g/mol. The number of carbonyl (C=O) groups excluding carboxylic acids is 1. The van der Waals surface area contributed by atoms with E-state index in [9.17, 15) is 14.7 Å². The van der Waals surface area contributed by atoms with Crippen molar-refractivity contribution in [1.82, 2.24) is 4.90 Å². The minimum absolute atomic E-state index is 0.0571. The molecule has 0 spiro atoms. The van der Waals surface area contributed by atoms with Crippen LogP contribution >= 0.6 is 0 Å². The number of amides is 1. The normalized spacial score (nSPS) is 22.6. The zero-order valence-electron chi connectivity index (χ0n) is 12.3. The first-order valence-electron chi connectivity index (χ1n) is 6.93. The molecule has 1 amide bonds. The monoisotopic (exact) mass is 275 g/mol. The topological polar surface area (TPSA) is 57.6 Å². The van der Waals surface area contributed by atoms with Gasteiger partial charge in [-0.05, 0) is 45.2 Å². The summed E-state index contributed by atoms with van der Waals surface area (Å²) in [6, 6.07) is 5.79. The maximum atomic E-state index is 12.6. The van der Waals surface area contributed by atoms with Gasteiger partial charge < -0.3 is 10.0 Å². The molecule has 1 atom stereocenters. The van der Waals surface area contributed by atoms with Crippen LogP contribution in [0.5, 0.6) is 0 Å². The van der Waals surface area contributed by atoms with Crippen LogP contribution in [-0.4, -0.2) is 35.0 Å². The number of aryl methyl sites for hydroxylation is 2. The summed E-state index contributed by atoms with van der Waals surface area (Å²) in [6.45, 7) is 6.50. The van der Waals surface area contributed by atoms with Crippen molar-refractivity contribution in [3.05, 3.63) is 34.9 Å². The summed E-state index contributed by atoms with van der Waals surface area (Å²) in [5, 5.41) is 9.33. The van der Waals surface area contributed by atoms with E-state index in [4.69, 9.17) is 0 Å². The molecule has 0 aromatic heterocycles. The Labute approximate surface area is 119 Å². The van der Waals surface area contributed by atoms with Crippen LogP contribution in [0.15, 0.2) is 18.2 Å². The second-order valence-corrected chi connectivity index (χ2v) is 6.01. The molecule has 1 aliphatic rings. The van der Waals surface area contributed by atoms with Gasteiger partial charge in [0.1, 0.15) is 0 Å². The number of aliphatic carboxylic acids is 1. The van der Waals surface area contributed by atoms with Crippen LogP contribution in [-0.2, 0) is 4.79 Å². The minimum atomic E-state index is -0.828. The molecule has 4 nitrogen and oxygen atoms in total. The first kappa shape index (κ1) is 14.6. The summed E-state index contributed by atoms with van der Waals surface area (Å²) < 4.78 is 0. The average molecular weight is 275 g/mol. The van der Waals surface area contributed by atoms with E-state index in [1.54, 1.807) is 11.8 Å². The summed E-state index contributed by atoms with van der Waals surface area (Å²) in [5.74, 6) is -0.880. The molecule has 1 N–H and O–H groups in total. The van der Waals surface area contributed by atoms with E-state index in [-0.39, 0.29) is 12.5 Å². The van der Waals surface area contributed by atoms with Gasteiger partial charge in [-0.15, -0.1) is 0 Å². The van der Waals surface area contributed by atoms with Crippen molar-refractivity contribution in [2.24, 2.45) is 5.41 Å². The number of likely N-dealkylation sites (tertiary alicyclic amines) is 1. The van der Waals surface area contributed by atoms with Crippen LogP contribution in [0.3, 0.4) is 0 Å². The van der Waals surface area contributed by atoms with Gasteiger partial charge in [-0.1, -0.05) is 17.7 Å². The third-order valence-corrected chi connectivity index (χ3v) is 4.12. The summed E-state index contributed by atoms with van der Waals surface area (Å²) in [7, 11) is 0. The highest BCUT2D eigenvalue weighted by Gasteiger charge is 2.39. The predicted octanol–water partition coefficient (Wildman–Crippen LogP) is 2.63. The standard InChI is InChI=1S/C16H21NO3/c1-11-5-6-12(2)13(9-11)14(18)17-8-4-7-16(3,10-17)15(19)20/h5-6,9H,4,7-8,10H2,1-3H3,(H,19,20). The van der Waals surface area contributed by atoms with Crippen LogP contribution in [0.2, 0.25) is 0 Å². The number of hydrogen-bond donors (Lipinski definition) is 1. The quantitative estimate of drug-likeness (QED) is 0.902. The molecule has 0 aliphatic carbocycles. The predicted molar refractivity (Wildman–Crippen MR) is 76.8 cm³/mol. The fraction of sp³-hybridized carbons (Fsp3) is 0.500. The largest absolute Gasteiger partial charge is 0.481 e. The number of nitrogens with zero attached hydrogens (tertiary/aromatic N) is 1. The molecule has 0 saturated carbocycles. The molecule has 1 heterocycles. The van der Waals surface area contributed by atoms with Gasteiger partial charge in [0.05, 0.1) is 5.41 Å². The lowest BCUT2D eigenvalue weighted by atomic mass is 9.82. The summed E-state index contributed by atoms with van der Waals surface area (Å²) in [5.41, 5.74) is 1.82. The molecule has 4 heteroatoms. The Morgan fingerprint density at radius 1 is 1.30 bits per heavy atom. The van der Waals surface area contributed by atoms with Crippen LogP contribution in [0, 0.1) is 19.3 Å². The van der Waals surface area contributed by atoms with Gasteiger partial charge in [-0.2, -0.15) is 0 Å². The number of carboxylic acid groups (broad SMARTS) is 1. The lowest BCUT2D eigenvalue weighted by Crippen LogP contribution is -2.48. The SMILES string of the molecule is Cc1ccc(C)c(C(=O)N2CCCC(C)(C(=O)O)C2)c1. The van der Waals surface area contributed by atoms with E-state index in [2.05, 4.69) is 0 Å². The van der Waals surface area contributed by atoms with Gasteiger partial charge in [-0.3, -0.25) is 9.59 Å². The molecule has 1 unspecified atom stereocenters. The highest BCUT2D eigenvalue weighted by Crippen LogP contribution is 2.30. The maximum absolute atomic E-state index is 12.6. The van der Waals surface area contributed by atoms with E-state index in [1.165, 1.54) is 0 Å². The number of carboxylic acids is 1. The van der Waals surface area contributed by atoms with Crippen molar-refractivity contribution in [3.8, 4) is 0 Å². The highest BCUT2D eigenvalue weighted by molar-refractivity contribution is 5.96. The molecule has 20 heavy (non-hydrogen) atoms. The Morgan fingerprint density at radius 2 is 2.00 bits per heavy atom. The van der Waals surface area contributed by atoms with Gasteiger partial charge in [0, 0.05) is 18.7 Å². The Hall–Kier alpha value is -1.84. The third-order valence-electron chi connectivity index (χ3n) is 4.12. The van der Waals surface area contributed by atoms with Crippen molar-refractivity contribution in [2.75, 3.05) is 13.1 Å². The number of rotatable bonds is 2. The highest BCUT2D eigenvalue weighted by atomic mass is 16.4. The zero-order valence-corrected chi connectivity index (χ0v) is 12.3. The van der Waals surface area contributed by atoms with Gasteiger partial charge in [0.15, 0.2) is 0 Å². The number of carbonyl (C=O) groups is 2. The first-order chi connectivity index (χ1) is 9.33. The number of piperidine rings is 1. The second kappa shape index (κ2) is 5.27. The third kappa shape index (κ3) is 2.69. The lowest BCUT2D eigenvalue weighted by Gasteiger charge is -2.37. The maximum Gasteiger partial charge on any atom is 0.311 e. The van der Waals surface area contributed by atoms with Gasteiger partial charge in [0.25, 0.3) is 5.91 Å². The van der Waals surface area contributed by atoms with E-state index in [0.717, 1.165) is 17.5 Å². The van der Waals surface area contributed by atoms with Gasteiger partial charge in [0.2, 0.25) is 0 Å². The summed E-state index contributed by atoms with van der Waals surface area (Å²) >= 11 is 0. The lowest BCUT2D eigenvalue weighted by molar-refractivity contribution is -0.150. The summed E-state index contributed by atoms with van der Waals surface area (Å²) in [6.07, 6.45) is 1.36. The van der Waals surface area contributed by atoms with Crippen molar-refractivity contribution < 1.29 is 14.7 Å². The Balaban J connectivity index is 2.25. The fourth-order valence-electron chi connectivity index (χ4n) is 2.72. The molecule has 2 rings (SSSR count). The molecule has 108 valence electrons. The van der Waals surface area contributed by atoms with Crippen molar-refractivity contribution in [1.29, 1.82) is 0 Å². The first-order valence-corrected chi connectivity index (χ1v) is 6.93.